The van der Waals surface area contributed by atoms with Gasteiger partial charge in [-0.25, -0.2) is 4.98 Å². The molecular weight excluding hydrogens is 266 g/mol. The van der Waals surface area contributed by atoms with Gasteiger partial charge in [0.1, 0.15) is 11.5 Å². The Morgan fingerprint density at radius 2 is 2.16 bits per heavy atom. The molecule has 0 saturated carbocycles. The molecule has 0 spiro atoms. The summed E-state index contributed by atoms with van der Waals surface area (Å²) in [6, 6.07) is 3.36. The Morgan fingerprint density at radius 3 is 2.68 bits per heavy atom. The third-order valence-corrected chi connectivity index (χ3v) is 3.31. The molecule has 19 heavy (non-hydrogen) atoms. The minimum atomic E-state index is -0.670. The second kappa shape index (κ2) is 6.21. The molecule has 0 aliphatic carbocycles. The summed E-state index contributed by atoms with van der Waals surface area (Å²) in [5.41, 5.74) is -0.486. The number of aliphatic hydroxyl groups is 1. The zero-order valence-electron chi connectivity index (χ0n) is 11.7. The number of carbonyl (C=O) groups excluding carboxylic acids is 1. The van der Waals surface area contributed by atoms with Crippen molar-refractivity contribution in [2.45, 2.75) is 26.3 Å². The highest BCUT2D eigenvalue weighted by atomic mass is 35.5. The number of aromatic nitrogens is 1. The van der Waals surface area contributed by atoms with E-state index in [9.17, 15) is 9.90 Å². The van der Waals surface area contributed by atoms with Crippen LogP contribution in [-0.4, -0.2) is 46.6 Å². The van der Waals surface area contributed by atoms with Crippen molar-refractivity contribution in [2.75, 3.05) is 25.5 Å². The molecule has 0 aliphatic heterocycles. The second-order valence-electron chi connectivity index (χ2n) is 4.89. The second-order valence-corrected chi connectivity index (χ2v) is 5.30. The van der Waals surface area contributed by atoms with E-state index >= 15 is 0 Å². The molecule has 1 amide bonds. The molecule has 106 valence electrons. The maximum atomic E-state index is 12.4. The number of hydrogen-bond donors (Lipinski definition) is 2. The summed E-state index contributed by atoms with van der Waals surface area (Å²) in [6.07, 6.45) is 0. The van der Waals surface area contributed by atoms with Crippen molar-refractivity contribution in [1.29, 1.82) is 0 Å². The first-order valence-electron chi connectivity index (χ1n) is 6.13. The summed E-state index contributed by atoms with van der Waals surface area (Å²) >= 11 is 6.03. The largest absolute Gasteiger partial charge is 0.394 e. The highest BCUT2D eigenvalue weighted by Gasteiger charge is 2.29. The van der Waals surface area contributed by atoms with Gasteiger partial charge in [0.2, 0.25) is 0 Å². The third kappa shape index (κ3) is 3.58. The molecule has 5 nitrogen and oxygen atoms in total. The lowest BCUT2D eigenvalue weighted by Crippen LogP contribution is -2.48. The highest BCUT2D eigenvalue weighted by Crippen LogP contribution is 2.21. The Labute approximate surface area is 118 Å². The van der Waals surface area contributed by atoms with Crippen LogP contribution >= 0.6 is 11.6 Å². The lowest BCUT2D eigenvalue weighted by molar-refractivity contribution is 0.0468. The van der Waals surface area contributed by atoms with Crippen LogP contribution in [0.1, 0.15) is 31.3 Å². The molecule has 0 saturated heterocycles. The maximum Gasteiger partial charge on any atom is 0.274 e. The average molecular weight is 286 g/mol. The fourth-order valence-electron chi connectivity index (χ4n) is 1.41. The van der Waals surface area contributed by atoms with Crippen LogP contribution in [-0.2, 0) is 0 Å². The van der Waals surface area contributed by atoms with E-state index in [-0.39, 0.29) is 18.2 Å². The molecule has 1 aromatic rings. The summed E-state index contributed by atoms with van der Waals surface area (Å²) in [5.74, 6) is 0.286. The highest BCUT2D eigenvalue weighted by molar-refractivity contribution is 6.33. The number of nitrogens with zero attached hydrogens (tertiary/aromatic N) is 2. The van der Waals surface area contributed by atoms with Crippen molar-refractivity contribution in [1.82, 2.24) is 9.88 Å². The topological polar surface area (TPSA) is 65.5 Å². The SMILES string of the molecule is CCNc1ccc(Cl)c(C(=O)N(C)C(C)(C)CO)n1. The smallest absolute Gasteiger partial charge is 0.274 e. The minimum Gasteiger partial charge on any atom is -0.394 e. The number of carbonyl (C=O) groups is 1. The van der Waals surface area contributed by atoms with E-state index < -0.39 is 5.54 Å². The van der Waals surface area contributed by atoms with E-state index in [1.165, 1.54) is 4.90 Å². The van der Waals surface area contributed by atoms with E-state index in [1.54, 1.807) is 33.0 Å². The minimum absolute atomic E-state index is 0.139. The zero-order chi connectivity index (χ0) is 14.6. The van der Waals surface area contributed by atoms with Crippen LogP contribution < -0.4 is 5.32 Å². The van der Waals surface area contributed by atoms with Gasteiger partial charge in [-0.3, -0.25) is 4.79 Å². The molecule has 2 N–H and O–H groups in total. The molecular formula is C13H20ClN3O2. The number of amides is 1. The van der Waals surface area contributed by atoms with Crippen LogP contribution in [0.3, 0.4) is 0 Å². The number of pyridine rings is 1. The van der Waals surface area contributed by atoms with Gasteiger partial charge in [0.15, 0.2) is 0 Å². The van der Waals surface area contributed by atoms with E-state index in [0.29, 0.717) is 17.4 Å². The maximum absolute atomic E-state index is 12.4. The molecule has 0 bridgehead atoms. The Hall–Kier alpha value is -1.33. The van der Waals surface area contributed by atoms with Gasteiger partial charge in [0, 0.05) is 13.6 Å². The van der Waals surface area contributed by atoms with Crippen molar-refractivity contribution >= 4 is 23.3 Å². The van der Waals surface area contributed by atoms with Crippen LogP contribution in [0.2, 0.25) is 5.02 Å². The predicted octanol–water partition coefficient (Wildman–Crippen LogP) is 2.01. The normalized spacial score (nSPS) is 11.3. The number of likely N-dealkylation sites (N-methyl/N-ethyl adjacent to an activating group) is 1. The van der Waals surface area contributed by atoms with Crippen LogP contribution in [0, 0.1) is 0 Å². The molecule has 0 aliphatic rings. The first-order chi connectivity index (χ1) is 8.83. The molecule has 0 unspecified atom stereocenters. The van der Waals surface area contributed by atoms with Crippen LogP contribution in [0.15, 0.2) is 12.1 Å². The van der Waals surface area contributed by atoms with Crippen LogP contribution in [0.4, 0.5) is 5.82 Å². The average Bonchev–Trinajstić information content (AvgIpc) is 2.39. The molecule has 1 rings (SSSR count). The molecule has 1 aromatic heterocycles. The van der Waals surface area contributed by atoms with Gasteiger partial charge in [-0.15, -0.1) is 0 Å². The summed E-state index contributed by atoms with van der Waals surface area (Å²) < 4.78 is 0. The zero-order valence-corrected chi connectivity index (χ0v) is 12.5. The number of halogens is 1. The van der Waals surface area contributed by atoms with Gasteiger partial charge >= 0.3 is 0 Å². The Balaban J connectivity index is 3.08. The van der Waals surface area contributed by atoms with Crippen molar-refractivity contribution in [3.63, 3.8) is 0 Å². The lowest BCUT2D eigenvalue weighted by atomic mass is 10.0. The quantitative estimate of drug-likeness (QED) is 0.868. The monoisotopic (exact) mass is 285 g/mol. The number of anilines is 1. The lowest BCUT2D eigenvalue weighted by Gasteiger charge is -2.33. The molecule has 0 atom stereocenters. The summed E-state index contributed by atoms with van der Waals surface area (Å²) in [6.45, 7) is 6.05. The van der Waals surface area contributed by atoms with Crippen LogP contribution in [0.5, 0.6) is 0 Å². The molecule has 0 fully saturated rings. The number of nitrogens with one attached hydrogen (secondary N) is 1. The van der Waals surface area contributed by atoms with Gasteiger partial charge < -0.3 is 15.3 Å². The Bertz CT molecular complexity index is 463. The summed E-state index contributed by atoms with van der Waals surface area (Å²) in [4.78, 5) is 18.0. The molecule has 1 heterocycles. The van der Waals surface area contributed by atoms with E-state index in [0.717, 1.165) is 0 Å². The Morgan fingerprint density at radius 1 is 1.53 bits per heavy atom. The molecule has 0 radical (unpaired) electrons. The third-order valence-electron chi connectivity index (χ3n) is 3.01. The van der Waals surface area contributed by atoms with Crippen LogP contribution in [0.25, 0.3) is 0 Å². The summed E-state index contributed by atoms with van der Waals surface area (Å²) in [7, 11) is 1.62. The van der Waals surface area contributed by atoms with Crippen molar-refractivity contribution in [2.24, 2.45) is 0 Å². The van der Waals surface area contributed by atoms with Gasteiger partial charge in [0.25, 0.3) is 5.91 Å². The van der Waals surface area contributed by atoms with Gasteiger partial charge in [0.05, 0.1) is 17.2 Å². The standard InChI is InChI=1S/C13H20ClN3O2/c1-5-15-10-7-6-9(14)11(16-10)12(19)17(4)13(2,3)8-18/h6-7,18H,5,8H2,1-4H3,(H,15,16). The van der Waals surface area contributed by atoms with Gasteiger partial charge in [-0.05, 0) is 32.9 Å². The molecule has 6 heteroatoms. The van der Waals surface area contributed by atoms with Crippen molar-refractivity contribution in [3.8, 4) is 0 Å². The van der Waals surface area contributed by atoms with Crippen molar-refractivity contribution < 1.29 is 9.90 Å². The predicted molar refractivity (Wildman–Crippen MR) is 76.7 cm³/mol. The van der Waals surface area contributed by atoms with Gasteiger partial charge in [-0.1, -0.05) is 11.6 Å². The first-order valence-corrected chi connectivity index (χ1v) is 6.50. The number of hydrogen-bond acceptors (Lipinski definition) is 4. The summed E-state index contributed by atoms with van der Waals surface area (Å²) in [5, 5.41) is 12.6. The Kier molecular flexibility index (Phi) is 5.14. The van der Waals surface area contributed by atoms with Crippen molar-refractivity contribution in [3.05, 3.63) is 22.8 Å². The molecule has 0 aromatic carbocycles. The fraction of sp³-hybridized carbons (Fsp3) is 0.538. The van der Waals surface area contributed by atoms with E-state index in [4.69, 9.17) is 11.6 Å². The first kappa shape index (κ1) is 15.7. The van der Waals surface area contributed by atoms with Gasteiger partial charge in [-0.2, -0.15) is 0 Å². The van der Waals surface area contributed by atoms with E-state index in [1.807, 2.05) is 6.92 Å². The fourth-order valence-corrected chi connectivity index (χ4v) is 1.60. The van der Waals surface area contributed by atoms with E-state index in [2.05, 4.69) is 10.3 Å². The number of aliphatic hydroxyl groups excluding tert-OH is 1. The number of rotatable bonds is 5.